The monoisotopic (exact) mass is 284 g/mol. The topological polar surface area (TPSA) is 49.8 Å². The Morgan fingerprint density at radius 3 is 2.52 bits per heavy atom. The highest BCUT2D eigenvalue weighted by Crippen LogP contribution is 2.16. The van der Waals surface area contributed by atoms with Gasteiger partial charge in [0.15, 0.2) is 0 Å². The van der Waals surface area contributed by atoms with Gasteiger partial charge in [0.05, 0.1) is 0 Å². The average molecular weight is 284 g/mol. The molecule has 0 atom stereocenters. The van der Waals surface area contributed by atoms with Gasteiger partial charge in [-0.1, -0.05) is 38.1 Å². The Labute approximate surface area is 127 Å². The average Bonchev–Trinajstić information content (AvgIpc) is 2.53. The quantitative estimate of drug-likeness (QED) is 0.812. The summed E-state index contributed by atoms with van der Waals surface area (Å²) in [4.78, 5) is 8.85. The smallest absolute Gasteiger partial charge is 0.224 e. The Hall–Kier alpha value is -2.10. The Morgan fingerprint density at radius 1 is 1.05 bits per heavy atom. The van der Waals surface area contributed by atoms with E-state index in [2.05, 4.69) is 58.7 Å². The lowest BCUT2D eigenvalue weighted by molar-refractivity contribution is 0.945. The summed E-state index contributed by atoms with van der Waals surface area (Å²) in [6.07, 6.45) is 3.97. The van der Waals surface area contributed by atoms with E-state index in [1.54, 1.807) is 0 Å². The molecule has 0 amide bonds. The molecule has 0 fully saturated rings. The van der Waals surface area contributed by atoms with Crippen LogP contribution in [-0.4, -0.2) is 16.5 Å². The number of hydrogen-bond donors (Lipinski definition) is 2. The van der Waals surface area contributed by atoms with Crippen molar-refractivity contribution in [3.05, 3.63) is 47.2 Å². The molecule has 112 valence electrons. The third-order valence-corrected chi connectivity index (χ3v) is 3.45. The van der Waals surface area contributed by atoms with E-state index >= 15 is 0 Å². The Balaban J connectivity index is 2.08. The number of anilines is 2. The lowest BCUT2D eigenvalue weighted by Crippen LogP contribution is -2.09. The van der Waals surface area contributed by atoms with Gasteiger partial charge in [-0.2, -0.15) is 4.98 Å². The molecule has 0 aliphatic carbocycles. The SMILES string of the molecule is CCCNc1ncc(C)c(NCc2ccccc2CC)n1. The number of rotatable bonds is 7. The predicted molar refractivity (Wildman–Crippen MR) is 88.7 cm³/mol. The zero-order chi connectivity index (χ0) is 15.1. The van der Waals surface area contributed by atoms with Crippen molar-refractivity contribution in [3.63, 3.8) is 0 Å². The maximum atomic E-state index is 4.55. The molecule has 0 saturated heterocycles. The summed E-state index contributed by atoms with van der Waals surface area (Å²) in [5.74, 6) is 1.59. The molecule has 4 heteroatoms. The molecule has 2 aromatic rings. The summed E-state index contributed by atoms with van der Waals surface area (Å²) in [7, 11) is 0. The van der Waals surface area contributed by atoms with Crippen molar-refractivity contribution < 1.29 is 0 Å². The molecule has 1 heterocycles. The first kappa shape index (κ1) is 15.3. The van der Waals surface area contributed by atoms with E-state index in [1.165, 1.54) is 11.1 Å². The molecule has 0 unspecified atom stereocenters. The van der Waals surface area contributed by atoms with Crippen LogP contribution in [0.25, 0.3) is 0 Å². The zero-order valence-corrected chi connectivity index (χ0v) is 13.1. The molecule has 0 saturated carbocycles. The second-order valence-corrected chi connectivity index (χ2v) is 5.13. The molecule has 0 aliphatic rings. The highest BCUT2D eigenvalue weighted by Gasteiger charge is 2.05. The van der Waals surface area contributed by atoms with Crippen molar-refractivity contribution in [3.8, 4) is 0 Å². The van der Waals surface area contributed by atoms with E-state index in [4.69, 9.17) is 0 Å². The molecular weight excluding hydrogens is 260 g/mol. The van der Waals surface area contributed by atoms with Gasteiger partial charge in [0, 0.05) is 24.8 Å². The normalized spacial score (nSPS) is 10.4. The lowest BCUT2D eigenvalue weighted by atomic mass is 10.1. The fourth-order valence-corrected chi connectivity index (χ4v) is 2.20. The molecule has 2 rings (SSSR count). The third kappa shape index (κ3) is 4.18. The molecule has 21 heavy (non-hydrogen) atoms. The van der Waals surface area contributed by atoms with Crippen molar-refractivity contribution >= 4 is 11.8 Å². The number of benzene rings is 1. The first-order valence-corrected chi connectivity index (χ1v) is 7.62. The second-order valence-electron chi connectivity index (χ2n) is 5.13. The zero-order valence-electron chi connectivity index (χ0n) is 13.1. The largest absolute Gasteiger partial charge is 0.366 e. The summed E-state index contributed by atoms with van der Waals surface area (Å²) in [5, 5.41) is 6.65. The summed E-state index contributed by atoms with van der Waals surface area (Å²) in [6, 6.07) is 8.51. The third-order valence-electron chi connectivity index (χ3n) is 3.45. The van der Waals surface area contributed by atoms with Gasteiger partial charge in [-0.05, 0) is 30.9 Å². The van der Waals surface area contributed by atoms with Crippen LogP contribution in [0.2, 0.25) is 0 Å². The standard InChI is InChI=1S/C17H24N4/c1-4-10-18-17-20-11-13(3)16(21-17)19-12-15-9-7-6-8-14(15)5-2/h6-9,11H,4-5,10,12H2,1-3H3,(H2,18,19,20,21). The minimum absolute atomic E-state index is 0.689. The van der Waals surface area contributed by atoms with Gasteiger partial charge in [0.25, 0.3) is 0 Å². The van der Waals surface area contributed by atoms with E-state index in [0.717, 1.165) is 37.3 Å². The van der Waals surface area contributed by atoms with E-state index in [0.29, 0.717) is 5.95 Å². The molecule has 4 nitrogen and oxygen atoms in total. The minimum atomic E-state index is 0.689. The van der Waals surface area contributed by atoms with E-state index < -0.39 is 0 Å². The predicted octanol–water partition coefficient (Wildman–Crippen LogP) is 3.78. The van der Waals surface area contributed by atoms with Gasteiger partial charge in [-0.25, -0.2) is 4.98 Å². The summed E-state index contributed by atoms with van der Waals surface area (Å²) < 4.78 is 0. The first-order valence-electron chi connectivity index (χ1n) is 7.62. The van der Waals surface area contributed by atoms with Crippen molar-refractivity contribution in [1.29, 1.82) is 0 Å². The van der Waals surface area contributed by atoms with Gasteiger partial charge in [0.2, 0.25) is 5.95 Å². The number of nitrogens with one attached hydrogen (secondary N) is 2. The van der Waals surface area contributed by atoms with Crippen LogP contribution in [0, 0.1) is 6.92 Å². The maximum Gasteiger partial charge on any atom is 0.224 e. The van der Waals surface area contributed by atoms with Crippen molar-refractivity contribution in [2.24, 2.45) is 0 Å². The van der Waals surface area contributed by atoms with Crippen molar-refractivity contribution in [2.45, 2.75) is 40.2 Å². The second kappa shape index (κ2) is 7.62. The van der Waals surface area contributed by atoms with Gasteiger partial charge in [0.1, 0.15) is 5.82 Å². The van der Waals surface area contributed by atoms with Crippen LogP contribution < -0.4 is 10.6 Å². The minimum Gasteiger partial charge on any atom is -0.366 e. The van der Waals surface area contributed by atoms with Crippen LogP contribution in [0.1, 0.15) is 37.0 Å². The van der Waals surface area contributed by atoms with E-state index in [-0.39, 0.29) is 0 Å². The van der Waals surface area contributed by atoms with E-state index in [9.17, 15) is 0 Å². The molecule has 0 bridgehead atoms. The Bertz CT molecular complexity index is 581. The molecule has 1 aromatic heterocycles. The van der Waals surface area contributed by atoms with Crippen molar-refractivity contribution in [2.75, 3.05) is 17.2 Å². The van der Waals surface area contributed by atoms with Gasteiger partial charge in [-0.15, -0.1) is 0 Å². The summed E-state index contributed by atoms with van der Waals surface area (Å²) in [5.41, 5.74) is 3.76. The van der Waals surface area contributed by atoms with Crippen LogP contribution in [0.5, 0.6) is 0 Å². The molecular formula is C17H24N4. The number of aromatic nitrogens is 2. The highest BCUT2D eigenvalue weighted by atomic mass is 15.1. The van der Waals surface area contributed by atoms with Crippen molar-refractivity contribution in [1.82, 2.24) is 9.97 Å². The molecule has 0 aliphatic heterocycles. The maximum absolute atomic E-state index is 4.55. The van der Waals surface area contributed by atoms with E-state index in [1.807, 2.05) is 13.1 Å². The fourth-order valence-electron chi connectivity index (χ4n) is 2.20. The molecule has 0 spiro atoms. The highest BCUT2D eigenvalue weighted by molar-refractivity contribution is 5.47. The van der Waals surface area contributed by atoms with Crippen LogP contribution in [-0.2, 0) is 13.0 Å². The first-order chi connectivity index (χ1) is 10.2. The van der Waals surface area contributed by atoms with Gasteiger partial charge in [-0.3, -0.25) is 0 Å². The van der Waals surface area contributed by atoms with Crippen LogP contribution in [0.15, 0.2) is 30.5 Å². The van der Waals surface area contributed by atoms with Gasteiger partial charge >= 0.3 is 0 Å². The van der Waals surface area contributed by atoms with Gasteiger partial charge < -0.3 is 10.6 Å². The number of hydrogen-bond acceptors (Lipinski definition) is 4. The number of aryl methyl sites for hydroxylation is 2. The lowest BCUT2D eigenvalue weighted by Gasteiger charge is -2.12. The Kier molecular flexibility index (Phi) is 5.55. The molecule has 2 N–H and O–H groups in total. The van der Waals surface area contributed by atoms with Crippen LogP contribution >= 0.6 is 0 Å². The van der Waals surface area contributed by atoms with Crippen LogP contribution in [0.4, 0.5) is 11.8 Å². The molecule has 0 radical (unpaired) electrons. The summed E-state index contributed by atoms with van der Waals surface area (Å²) in [6.45, 7) is 8.01. The number of nitrogens with zero attached hydrogens (tertiary/aromatic N) is 2. The fraction of sp³-hybridized carbons (Fsp3) is 0.412. The summed E-state index contributed by atoms with van der Waals surface area (Å²) >= 11 is 0. The van der Waals surface area contributed by atoms with Crippen LogP contribution in [0.3, 0.4) is 0 Å². The molecule has 1 aromatic carbocycles. The Morgan fingerprint density at radius 2 is 1.81 bits per heavy atom.